The Kier molecular flexibility index (Phi) is 6.16. The van der Waals surface area contributed by atoms with Crippen molar-refractivity contribution in [1.82, 2.24) is 5.32 Å². The molecule has 0 aromatic heterocycles. The first-order valence-corrected chi connectivity index (χ1v) is 8.40. The highest BCUT2D eigenvalue weighted by atomic mass is 32.2. The Morgan fingerprint density at radius 1 is 1.24 bits per heavy atom. The summed E-state index contributed by atoms with van der Waals surface area (Å²) in [6.07, 6.45) is 9.96. The number of nitrogens with one attached hydrogen (secondary N) is 1. The summed E-state index contributed by atoms with van der Waals surface area (Å²) in [6, 6.07) is 0.783. The molecule has 0 radical (unpaired) electrons. The molecule has 0 bridgehead atoms. The maximum atomic E-state index is 5.70. The lowest BCUT2D eigenvalue weighted by atomic mass is 9.95. The molecule has 0 amide bonds. The molecule has 2 nitrogen and oxygen atoms in total. The van der Waals surface area contributed by atoms with Gasteiger partial charge in [-0.25, -0.2) is 0 Å². The average Bonchev–Trinajstić information content (AvgIpc) is 2.87. The highest BCUT2D eigenvalue weighted by Gasteiger charge is 2.23. The number of ether oxygens (including phenoxy) is 1. The predicted octanol–water partition coefficient (Wildman–Crippen LogP) is 3.21. The van der Waals surface area contributed by atoms with Gasteiger partial charge >= 0.3 is 0 Å². The molecule has 2 fully saturated rings. The van der Waals surface area contributed by atoms with E-state index in [1.165, 1.54) is 57.2 Å². The molecule has 3 unspecified atom stereocenters. The lowest BCUT2D eigenvalue weighted by Gasteiger charge is -2.30. The van der Waals surface area contributed by atoms with E-state index in [1.807, 2.05) is 0 Å². The Labute approximate surface area is 110 Å². The Hall–Kier alpha value is 0.270. The quantitative estimate of drug-likeness (QED) is 0.789. The second kappa shape index (κ2) is 7.65. The molecule has 1 saturated carbocycles. The monoisotopic (exact) mass is 257 g/mol. The van der Waals surface area contributed by atoms with Gasteiger partial charge < -0.3 is 10.1 Å². The van der Waals surface area contributed by atoms with Crippen molar-refractivity contribution in [2.75, 3.05) is 18.9 Å². The van der Waals surface area contributed by atoms with E-state index in [2.05, 4.69) is 24.0 Å². The fourth-order valence-corrected chi connectivity index (χ4v) is 4.30. The molecule has 17 heavy (non-hydrogen) atoms. The second-order valence-electron chi connectivity index (χ2n) is 5.41. The minimum atomic E-state index is 0.559. The van der Waals surface area contributed by atoms with Gasteiger partial charge in [0, 0.05) is 23.7 Å². The summed E-state index contributed by atoms with van der Waals surface area (Å²) in [5.41, 5.74) is 0. The summed E-state index contributed by atoms with van der Waals surface area (Å²) in [5.74, 6) is 1.23. The average molecular weight is 257 g/mol. The Bertz CT molecular complexity index is 206. The standard InChI is InChI=1S/C14H27NOS/c1-2-8-15-12-5-3-7-14(10-12)17-11-13-6-4-9-16-13/h12-15H,2-11H2,1H3. The summed E-state index contributed by atoms with van der Waals surface area (Å²) in [4.78, 5) is 0. The van der Waals surface area contributed by atoms with E-state index in [1.54, 1.807) is 0 Å². The van der Waals surface area contributed by atoms with Gasteiger partial charge in [0.25, 0.3) is 0 Å². The van der Waals surface area contributed by atoms with Gasteiger partial charge in [0.15, 0.2) is 0 Å². The van der Waals surface area contributed by atoms with E-state index in [9.17, 15) is 0 Å². The van der Waals surface area contributed by atoms with Gasteiger partial charge in [0.2, 0.25) is 0 Å². The maximum absolute atomic E-state index is 5.70. The van der Waals surface area contributed by atoms with Gasteiger partial charge in [-0.1, -0.05) is 13.3 Å². The largest absolute Gasteiger partial charge is 0.377 e. The molecule has 1 saturated heterocycles. The number of rotatable bonds is 6. The fourth-order valence-electron chi connectivity index (χ4n) is 2.85. The predicted molar refractivity (Wildman–Crippen MR) is 75.8 cm³/mol. The second-order valence-corrected chi connectivity index (χ2v) is 6.74. The molecule has 3 atom stereocenters. The Morgan fingerprint density at radius 3 is 2.94 bits per heavy atom. The van der Waals surface area contributed by atoms with Gasteiger partial charge in [-0.2, -0.15) is 11.8 Å². The minimum Gasteiger partial charge on any atom is -0.377 e. The molecule has 2 aliphatic rings. The molecule has 0 aromatic carbocycles. The van der Waals surface area contributed by atoms with Crippen LogP contribution in [0.2, 0.25) is 0 Å². The first kappa shape index (κ1) is 13.7. The van der Waals surface area contributed by atoms with Crippen molar-refractivity contribution in [2.24, 2.45) is 0 Å². The van der Waals surface area contributed by atoms with Crippen molar-refractivity contribution in [1.29, 1.82) is 0 Å². The number of thioether (sulfide) groups is 1. The molecule has 1 aliphatic heterocycles. The van der Waals surface area contributed by atoms with Crippen LogP contribution in [0.4, 0.5) is 0 Å². The van der Waals surface area contributed by atoms with E-state index in [-0.39, 0.29) is 0 Å². The first-order chi connectivity index (χ1) is 8.38. The topological polar surface area (TPSA) is 21.3 Å². The van der Waals surface area contributed by atoms with Gasteiger partial charge in [-0.3, -0.25) is 0 Å². The molecule has 3 heteroatoms. The van der Waals surface area contributed by atoms with Crippen LogP contribution >= 0.6 is 11.8 Å². The molecule has 0 spiro atoms. The van der Waals surface area contributed by atoms with Crippen LogP contribution < -0.4 is 5.32 Å². The summed E-state index contributed by atoms with van der Waals surface area (Å²) in [5, 5.41) is 4.56. The van der Waals surface area contributed by atoms with Crippen LogP contribution in [0, 0.1) is 0 Å². The van der Waals surface area contributed by atoms with Gasteiger partial charge in [-0.15, -0.1) is 0 Å². The normalized spacial score (nSPS) is 34.1. The highest BCUT2D eigenvalue weighted by molar-refractivity contribution is 7.99. The van der Waals surface area contributed by atoms with Gasteiger partial charge in [0.05, 0.1) is 6.10 Å². The molecular formula is C14H27NOS. The van der Waals surface area contributed by atoms with E-state index >= 15 is 0 Å². The summed E-state index contributed by atoms with van der Waals surface area (Å²) in [7, 11) is 0. The minimum absolute atomic E-state index is 0.559. The van der Waals surface area contributed by atoms with Gasteiger partial charge in [-0.05, 0) is 45.1 Å². The molecule has 2 rings (SSSR count). The van der Waals surface area contributed by atoms with Crippen LogP contribution in [0.15, 0.2) is 0 Å². The van der Waals surface area contributed by atoms with Crippen LogP contribution in [-0.4, -0.2) is 36.3 Å². The summed E-state index contributed by atoms with van der Waals surface area (Å²) >= 11 is 2.17. The smallest absolute Gasteiger partial charge is 0.0666 e. The number of hydrogen-bond donors (Lipinski definition) is 1. The Morgan fingerprint density at radius 2 is 2.18 bits per heavy atom. The van der Waals surface area contributed by atoms with Crippen molar-refractivity contribution in [3.63, 3.8) is 0 Å². The SMILES string of the molecule is CCCNC1CCCC(SCC2CCCO2)C1. The summed E-state index contributed by atoms with van der Waals surface area (Å²) < 4.78 is 5.70. The third-order valence-corrected chi connectivity index (χ3v) is 5.31. The van der Waals surface area contributed by atoms with Crippen LogP contribution in [0.25, 0.3) is 0 Å². The van der Waals surface area contributed by atoms with Gasteiger partial charge in [0.1, 0.15) is 0 Å². The molecule has 0 aromatic rings. The molecule has 1 N–H and O–H groups in total. The van der Waals surface area contributed by atoms with E-state index in [4.69, 9.17) is 4.74 Å². The number of hydrogen-bond acceptors (Lipinski definition) is 3. The third-order valence-electron chi connectivity index (χ3n) is 3.85. The molecular weight excluding hydrogens is 230 g/mol. The third kappa shape index (κ3) is 4.80. The van der Waals surface area contributed by atoms with Crippen molar-refractivity contribution < 1.29 is 4.74 Å². The zero-order valence-electron chi connectivity index (χ0n) is 11.1. The Balaban J connectivity index is 1.62. The summed E-state index contributed by atoms with van der Waals surface area (Å²) in [6.45, 7) is 4.43. The molecule has 1 heterocycles. The van der Waals surface area contributed by atoms with Crippen molar-refractivity contribution in [3.8, 4) is 0 Å². The van der Waals surface area contributed by atoms with Crippen molar-refractivity contribution >= 4 is 11.8 Å². The zero-order chi connectivity index (χ0) is 11.9. The fraction of sp³-hybridized carbons (Fsp3) is 1.00. The van der Waals surface area contributed by atoms with Crippen LogP contribution in [0.1, 0.15) is 51.9 Å². The lowest BCUT2D eigenvalue weighted by molar-refractivity contribution is 0.128. The van der Waals surface area contributed by atoms with Crippen molar-refractivity contribution in [2.45, 2.75) is 69.3 Å². The lowest BCUT2D eigenvalue weighted by Crippen LogP contribution is -2.35. The maximum Gasteiger partial charge on any atom is 0.0666 e. The van der Waals surface area contributed by atoms with E-state index < -0.39 is 0 Å². The van der Waals surface area contributed by atoms with E-state index in [0.717, 1.165) is 17.9 Å². The van der Waals surface area contributed by atoms with Crippen molar-refractivity contribution in [3.05, 3.63) is 0 Å². The highest BCUT2D eigenvalue weighted by Crippen LogP contribution is 2.30. The molecule has 100 valence electrons. The van der Waals surface area contributed by atoms with Crippen LogP contribution in [0.5, 0.6) is 0 Å². The van der Waals surface area contributed by atoms with E-state index in [0.29, 0.717) is 6.10 Å². The van der Waals surface area contributed by atoms with Crippen LogP contribution in [-0.2, 0) is 4.74 Å². The first-order valence-electron chi connectivity index (χ1n) is 7.35. The van der Waals surface area contributed by atoms with Crippen LogP contribution in [0.3, 0.4) is 0 Å². The zero-order valence-corrected chi connectivity index (χ0v) is 11.9. The molecule has 1 aliphatic carbocycles.